The van der Waals surface area contributed by atoms with Gasteiger partial charge in [-0.25, -0.2) is 4.68 Å². The van der Waals surface area contributed by atoms with Crippen LogP contribution in [0.25, 0.3) is 5.69 Å². The van der Waals surface area contributed by atoms with E-state index < -0.39 is 0 Å². The van der Waals surface area contributed by atoms with Crippen molar-refractivity contribution < 1.29 is 4.74 Å². The number of halogens is 1. The fourth-order valence-corrected chi connectivity index (χ4v) is 3.34. The van der Waals surface area contributed by atoms with Crippen LogP contribution in [0.5, 0.6) is 5.75 Å². The van der Waals surface area contributed by atoms with E-state index in [2.05, 4.69) is 65.0 Å². The molecule has 0 unspecified atom stereocenters. The minimum Gasteiger partial charge on any atom is -0.496 e. The number of ether oxygens (including phenoxy) is 1. The smallest absolute Gasteiger partial charge is 0.191 e. The summed E-state index contributed by atoms with van der Waals surface area (Å²) in [7, 11) is 3.49. The quantitative estimate of drug-likeness (QED) is 0.195. The molecular formula is C24H32IN5O. The van der Waals surface area contributed by atoms with E-state index in [0.29, 0.717) is 6.54 Å². The molecule has 1 aromatic heterocycles. The normalized spacial score (nSPS) is 11.0. The number of hydrogen-bond donors (Lipinski definition) is 2. The molecule has 0 spiro atoms. The van der Waals surface area contributed by atoms with Crippen LogP contribution < -0.4 is 15.4 Å². The first kappa shape index (κ1) is 24.7. The Bertz CT molecular complexity index is 985. The van der Waals surface area contributed by atoms with Crippen molar-refractivity contribution in [2.24, 2.45) is 4.99 Å². The monoisotopic (exact) mass is 533 g/mol. The van der Waals surface area contributed by atoms with Crippen LogP contribution in [0.4, 0.5) is 0 Å². The van der Waals surface area contributed by atoms with Gasteiger partial charge < -0.3 is 15.4 Å². The van der Waals surface area contributed by atoms with Gasteiger partial charge in [-0.2, -0.15) is 5.10 Å². The Morgan fingerprint density at radius 1 is 1.06 bits per heavy atom. The molecule has 3 rings (SSSR count). The minimum atomic E-state index is 0. The molecule has 0 saturated carbocycles. The largest absolute Gasteiger partial charge is 0.496 e. The van der Waals surface area contributed by atoms with Crippen LogP contribution in [-0.4, -0.2) is 36.4 Å². The average Bonchev–Trinajstić information content (AvgIpc) is 3.15. The first-order valence-corrected chi connectivity index (χ1v) is 10.3. The molecule has 0 bridgehead atoms. The average molecular weight is 533 g/mol. The number of methoxy groups -OCH3 is 1. The summed E-state index contributed by atoms with van der Waals surface area (Å²) in [5.41, 5.74) is 5.72. The van der Waals surface area contributed by atoms with E-state index in [1.807, 2.05) is 28.9 Å². The number of para-hydroxylation sites is 1. The van der Waals surface area contributed by atoms with Gasteiger partial charge in [-0.3, -0.25) is 4.99 Å². The number of nitrogens with zero attached hydrogens (tertiary/aromatic N) is 3. The molecule has 2 N–H and O–H groups in total. The molecule has 6 nitrogen and oxygen atoms in total. The second-order valence-corrected chi connectivity index (χ2v) is 7.29. The predicted molar refractivity (Wildman–Crippen MR) is 138 cm³/mol. The van der Waals surface area contributed by atoms with Crippen LogP contribution in [0, 0.1) is 13.8 Å². The van der Waals surface area contributed by atoms with Crippen LogP contribution in [0.2, 0.25) is 0 Å². The van der Waals surface area contributed by atoms with Gasteiger partial charge in [0.2, 0.25) is 0 Å². The molecule has 0 amide bonds. The molecule has 1 heterocycles. The van der Waals surface area contributed by atoms with E-state index in [-0.39, 0.29) is 24.0 Å². The molecule has 2 aromatic carbocycles. The Hall–Kier alpha value is -2.55. The molecule has 0 aliphatic heterocycles. The van der Waals surface area contributed by atoms with Crippen molar-refractivity contribution in [3.05, 3.63) is 77.1 Å². The summed E-state index contributed by atoms with van der Waals surface area (Å²) in [6.45, 7) is 5.62. The van der Waals surface area contributed by atoms with E-state index in [1.54, 1.807) is 14.2 Å². The van der Waals surface area contributed by atoms with Crippen molar-refractivity contribution in [2.45, 2.75) is 33.2 Å². The molecule has 0 saturated heterocycles. The second kappa shape index (κ2) is 12.3. The molecule has 166 valence electrons. The van der Waals surface area contributed by atoms with Crippen LogP contribution in [0.3, 0.4) is 0 Å². The lowest BCUT2D eigenvalue weighted by Crippen LogP contribution is -2.37. The summed E-state index contributed by atoms with van der Waals surface area (Å²) in [6, 6.07) is 16.4. The maximum Gasteiger partial charge on any atom is 0.191 e. The SMILES string of the molecule is CN=C(NCCCc1cn(-c2ccccc2)nc1C)NCc1ccc(C)cc1OC.I. The van der Waals surface area contributed by atoms with Gasteiger partial charge in [0.25, 0.3) is 0 Å². The van der Waals surface area contributed by atoms with E-state index in [0.717, 1.165) is 48.0 Å². The van der Waals surface area contributed by atoms with Gasteiger partial charge >= 0.3 is 0 Å². The molecule has 0 aliphatic rings. The van der Waals surface area contributed by atoms with Crippen LogP contribution >= 0.6 is 24.0 Å². The van der Waals surface area contributed by atoms with E-state index in [9.17, 15) is 0 Å². The van der Waals surface area contributed by atoms with Crippen molar-refractivity contribution in [3.8, 4) is 11.4 Å². The Kier molecular flexibility index (Phi) is 9.84. The Labute approximate surface area is 202 Å². The van der Waals surface area contributed by atoms with E-state index in [4.69, 9.17) is 4.74 Å². The molecule has 0 aliphatic carbocycles. The van der Waals surface area contributed by atoms with Gasteiger partial charge in [-0.05, 0) is 56.0 Å². The fraction of sp³-hybridized carbons (Fsp3) is 0.333. The minimum absolute atomic E-state index is 0. The Morgan fingerprint density at radius 3 is 2.55 bits per heavy atom. The number of aromatic nitrogens is 2. The highest BCUT2D eigenvalue weighted by molar-refractivity contribution is 14.0. The summed E-state index contributed by atoms with van der Waals surface area (Å²) < 4.78 is 7.43. The highest BCUT2D eigenvalue weighted by Crippen LogP contribution is 2.19. The maximum atomic E-state index is 5.48. The summed E-state index contributed by atoms with van der Waals surface area (Å²) >= 11 is 0. The van der Waals surface area contributed by atoms with Gasteiger partial charge in [0.15, 0.2) is 5.96 Å². The van der Waals surface area contributed by atoms with Crippen molar-refractivity contribution >= 4 is 29.9 Å². The third-order valence-corrected chi connectivity index (χ3v) is 5.05. The van der Waals surface area contributed by atoms with E-state index in [1.165, 1.54) is 11.1 Å². The third kappa shape index (κ3) is 6.99. The van der Waals surface area contributed by atoms with Gasteiger partial charge in [0, 0.05) is 31.9 Å². The van der Waals surface area contributed by atoms with Crippen molar-refractivity contribution in [3.63, 3.8) is 0 Å². The fourth-order valence-electron chi connectivity index (χ4n) is 3.34. The summed E-state index contributed by atoms with van der Waals surface area (Å²) in [4.78, 5) is 4.32. The van der Waals surface area contributed by atoms with Crippen LogP contribution in [0.15, 0.2) is 59.7 Å². The lowest BCUT2D eigenvalue weighted by atomic mass is 10.1. The Morgan fingerprint density at radius 2 is 1.84 bits per heavy atom. The third-order valence-electron chi connectivity index (χ3n) is 5.05. The van der Waals surface area contributed by atoms with Crippen molar-refractivity contribution in [1.82, 2.24) is 20.4 Å². The molecule has 3 aromatic rings. The van der Waals surface area contributed by atoms with Crippen molar-refractivity contribution in [2.75, 3.05) is 20.7 Å². The number of nitrogens with one attached hydrogen (secondary N) is 2. The number of hydrogen-bond acceptors (Lipinski definition) is 3. The summed E-state index contributed by atoms with van der Waals surface area (Å²) in [5.74, 6) is 1.68. The molecule has 31 heavy (non-hydrogen) atoms. The molecular weight excluding hydrogens is 501 g/mol. The van der Waals surface area contributed by atoms with Crippen molar-refractivity contribution in [1.29, 1.82) is 0 Å². The number of aliphatic imine (C=N–C) groups is 1. The highest BCUT2D eigenvalue weighted by Gasteiger charge is 2.07. The number of aryl methyl sites for hydroxylation is 3. The number of benzene rings is 2. The van der Waals surface area contributed by atoms with Crippen LogP contribution in [0.1, 0.15) is 28.8 Å². The van der Waals surface area contributed by atoms with Gasteiger partial charge in [-0.1, -0.05) is 30.3 Å². The molecule has 0 atom stereocenters. The number of rotatable bonds is 8. The second-order valence-electron chi connectivity index (χ2n) is 7.29. The molecule has 0 radical (unpaired) electrons. The van der Waals surface area contributed by atoms with Gasteiger partial charge in [0.1, 0.15) is 5.75 Å². The Balaban J connectivity index is 0.00000341. The zero-order chi connectivity index (χ0) is 21.3. The zero-order valence-electron chi connectivity index (χ0n) is 18.7. The van der Waals surface area contributed by atoms with Crippen LogP contribution in [-0.2, 0) is 13.0 Å². The maximum absolute atomic E-state index is 5.48. The lowest BCUT2D eigenvalue weighted by Gasteiger charge is -2.14. The molecule has 0 fully saturated rings. The summed E-state index contributed by atoms with van der Waals surface area (Å²) in [5, 5.41) is 11.4. The standard InChI is InChI=1S/C24H31N5O.HI/c1-18-12-13-20(23(15-18)30-4)16-27-24(25-3)26-14-8-9-21-17-29(28-19(21)2)22-10-6-5-7-11-22;/h5-7,10-13,15,17H,8-9,14,16H2,1-4H3,(H2,25,26,27);1H. The topological polar surface area (TPSA) is 63.5 Å². The molecule has 7 heteroatoms. The van der Waals surface area contributed by atoms with Gasteiger partial charge in [-0.15, -0.1) is 24.0 Å². The summed E-state index contributed by atoms with van der Waals surface area (Å²) in [6.07, 6.45) is 4.09. The highest BCUT2D eigenvalue weighted by atomic mass is 127. The van der Waals surface area contributed by atoms with E-state index >= 15 is 0 Å². The zero-order valence-corrected chi connectivity index (χ0v) is 21.0. The number of guanidine groups is 1. The first-order chi connectivity index (χ1) is 14.6. The first-order valence-electron chi connectivity index (χ1n) is 10.3. The lowest BCUT2D eigenvalue weighted by molar-refractivity contribution is 0.408. The predicted octanol–water partition coefficient (Wildman–Crippen LogP) is 4.41. The van der Waals surface area contributed by atoms with Gasteiger partial charge in [0.05, 0.1) is 18.5 Å².